The van der Waals surface area contributed by atoms with Gasteiger partial charge in [-0.25, -0.2) is 0 Å². The molecule has 0 saturated carbocycles. The summed E-state index contributed by atoms with van der Waals surface area (Å²) in [4.78, 5) is 6.45. The number of aromatic nitrogens is 1. The van der Waals surface area contributed by atoms with Crippen LogP contribution in [0.15, 0.2) is 29.3 Å². The van der Waals surface area contributed by atoms with Gasteiger partial charge in [0.15, 0.2) is 0 Å². The molecule has 0 saturated heterocycles. The Morgan fingerprint density at radius 2 is 2.06 bits per heavy atom. The molecular weight excluding hydrogens is 226 g/mol. The molecule has 1 aromatic carbocycles. The standard InChI is InChI=1S/C14H19N3O/c1-16(2)9-8-15-10-12-11-6-4-5-7-13(11)17(3)14(12)18/h4-7,10,18H,8-9H2,1-3H3. The van der Waals surface area contributed by atoms with Crippen LogP contribution in [-0.4, -0.2) is 48.0 Å². The lowest BCUT2D eigenvalue weighted by molar-refractivity contribution is 0.420. The first-order chi connectivity index (χ1) is 8.61. The Hall–Kier alpha value is -1.81. The zero-order valence-electron chi connectivity index (χ0n) is 11.1. The van der Waals surface area contributed by atoms with Gasteiger partial charge in [-0.15, -0.1) is 0 Å². The topological polar surface area (TPSA) is 40.8 Å². The van der Waals surface area contributed by atoms with E-state index in [1.165, 1.54) is 0 Å². The Bertz CT molecular complexity index is 570. The molecule has 4 nitrogen and oxygen atoms in total. The zero-order valence-corrected chi connectivity index (χ0v) is 11.1. The van der Waals surface area contributed by atoms with E-state index in [-0.39, 0.29) is 5.88 Å². The molecule has 4 heteroatoms. The summed E-state index contributed by atoms with van der Waals surface area (Å²) < 4.78 is 1.78. The van der Waals surface area contributed by atoms with E-state index in [2.05, 4.69) is 9.89 Å². The second-order valence-corrected chi connectivity index (χ2v) is 4.65. The maximum absolute atomic E-state index is 10.1. The van der Waals surface area contributed by atoms with E-state index in [0.717, 1.165) is 29.6 Å². The van der Waals surface area contributed by atoms with E-state index in [9.17, 15) is 5.11 Å². The van der Waals surface area contributed by atoms with Gasteiger partial charge in [0.25, 0.3) is 0 Å². The molecule has 0 radical (unpaired) electrons. The van der Waals surface area contributed by atoms with E-state index in [1.807, 2.05) is 45.4 Å². The van der Waals surface area contributed by atoms with Crippen LogP contribution in [0.2, 0.25) is 0 Å². The number of rotatable bonds is 4. The Balaban J connectivity index is 2.30. The molecule has 0 spiro atoms. The van der Waals surface area contributed by atoms with Gasteiger partial charge in [-0.1, -0.05) is 18.2 Å². The highest BCUT2D eigenvalue weighted by atomic mass is 16.3. The fourth-order valence-electron chi connectivity index (χ4n) is 1.95. The summed E-state index contributed by atoms with van der Waals surface area (Å²) in [7, 11) is 5.89. The van der Waals surface area contributed by atoms with Crippen LogP contribution in [0, 0.1) is 0 Å². The van der Waals surface area contributed by atoms with Crippen molar-refractivity contribution in [2.24, 2.45) is 12.0 Å². The van der Waals surface area contributed by atoms with Crippen molar-refractivity contribution in [1.29, 1.82) is 0 Å². The number of para-hydroxylation sites is 1. The van der Waals surface area contributed by atoms with Crippen LogP contribution in [0.3, 0.4) is 0 Å². The third-order valence-corrected chi connectivity index (χ3v) is 3.01. The van der Waals surface area contributed by atoms with Gasteiger partial charge < -0.3 is 14.6 Å². The number of hydrogen-bond acceptors (Lipinski definition) is 3. The average Bonchev–Trinajstić information content (AvgIpc) is 2.59. The Labute approximate surface area is 107 Å². The van der Waals surface area contributed by atoms with Crippen molar-refractivity contribution in [2.75, 3.05) is 27.2 Å². The molecule has 0 atom stereocenters. The summed E-state index contributed by atoms with van der Waals surface area (Å²) in [5.41, 5.74) is 1.82. The molecule has 0 amide bonds. The van der Waals surface area contributed by atoms with Crippen LogP contribution >= 0.6 is 0 Å². The second kappa shape index (κ2) is 5.23. The lowest BCUT2D eigenvalue weighted by atomic mass is 10.2. The first-order valence-corrected chi connectivity index (χ1v) is 6.02. The predicted molar refractivity (Wildman–Crippen MR) is 75.6 cm³/mol. The molecular formula is C14H19N3O. The van der Waals surface area contributed by atoms with Gasteiger partial charge in [-0.05, 0) is 20.2 Å². The normalized spacial score (nSPS) is 12.0. The van der Waals surface area contributed by atoms with Crippen LogP contribution in [0.5, 0.6) is 5.88 Å². The van der Waals surface area contributed by atoms with E-state index >= 15 is 0 Å². The highest BCUT2D eigenvalue weighted by Gasteiger charge is 2.11. The third kappa shape index (κ3) is 2.38. The van der Waals surface area contributed by atoms with Gasteiger partial charge in [0.05, 0.1) is 17.6 Å². The predicted octanol–water partition coefficient (Wildman–Crippen LogP) is 1.86. The van der Waals surface area contributed by atoms with Crippen molar-refractivity contribution in [3.8, 4) is 5.88 Å². The van der Waals surface area contributed by atoms with Crippen LogP contribution in [0.1, 0.15) is 5.56 Å². The fourth-order valence-corrected chi connectivity index (χ4v) is 1.95. The summed E-state index contributed by atoms with van der Waals surface area (Å²) in [6, 6.07) is 7.93. The molecule has 1 N–H and O–H groups in total. The van der Waals surface area contributed by atoms with Crippen molar-refractivity contribution in [3.05, 3.63) is 29.8 Å². The zero-order chi connectivity index (χ0) is 13.1. The Morgan fingerprint density at radius 3 is 2.78 bits per heavy atom. The molecule has 0 aliphatic rings. The fraction of sp³-hybridized carbons (Fsp3) is 0.357. The highest BCUT2D eigenvalue weighted by molar-refractivity contribution is 6.02. The number of hydrogen-bond donors (Lipinski definition) is 1. The van der Waals surface area contributed by atoms with Gasteiger partial charge in [0.1, 0.15) is 0 Å². The SMILES string of the molecule is CN(C)CCN=Cc1c(O)n(C)c2ccccc12. The summed E-state index contributed by atoms with van der Waals surface area (Å²) >= 11 is 0. The smallest absolute Gasteiger partial charge is 0.200 e. The minimum absolute atomic E-state index is 0.268. The van der Waals surface area contributed by atoms with Crippen molar-refractivity contribution in [2.45, 2.75) is 0 Å². The van der Waals surface area contributed by atoms with E-state index in [0.29, 0.717) is 0 Å². The maximum atomic E-state index is 10.1. The van der Waals surface area contributed by atoms with Crippen LogP contribution in [-0.2, 0) is 7.05 Å². The third-order valence-electron chi connectivity index (χ3n) is 3.01. The summed E-state index contributed by atoms with van der Waals surface area (Å²) in [5.74, 6) is 0.268. The molecule has 0 fully saturated rings. The molecule has 1 aromatic heterocycles. The Kier molecular flexibility index (Phi) is 3.67. The summed E-state index contributed by atoms with van der Waals surface area (Å²) in [6.45, 7) is 1.64. The largest absolute Gasteiger partial charge is 0.494 e. The van der Waals surface area contributed by atoms with Crippen LogP contribution < -0.4 is 0 Å². The molecule has 2 rings (SSSR count). The molecule has 96 valence electrons. The molecule has 0 aliphatic carbocycles. The Morgan fingerprint density at radius 1 is 1.33 bits per heavy atom. The summed E-state index contributed by atoms with van der Waals surface area (Å²) in [6.07, 6.45) is 1.77. The minimum Gasteiger partial charge on any atom is -0.494 e. The highest BCUT2D eigenvalue weighted by Crippen LogP contribution is 2.28. The minimum atomic E-state index is 0.268. The molecule has 1 heterocycles. The number of aromatic hydroxyl groups is 1. The quantitative estimate of drug-likeness (QED) is 0.835. The van der Waals surface area contributed by atoms with E-state index in [1.54, 1.807) is 10.8 Å². The number of benzene rings is 1. The average molecular weight is 245 g/mol. The van der Waals surface area contributed by atoms with Crippen molar-refractivity contribution >= 4 is 17.1 Å². The van der Waals surface area contributed by atoms with E-state index in [4.69, 9.17) is 0 Å². The number of likely N-dealkylation sites (N-methyl/N-ethyl adjacent to an activating group) is 1. The maximum Gasteiger partial charge on any atom is 0.200 e. The van der Waals surface area contributed by atoms with Gasteiger partial charge in [0.2, 0.25) is 5.88 Å². The van der Waals surface area contributed by atoms with Gasteiger partial charge in [-0.2, -0.15) is 0 Å². The van der Waals surface area contributed by atoms with Gasteiger partial charge in [-0.3, -0.25) is 4.99 Å². The first kappa shape index (κ1) is 12.6. The lowest BCUT2D eigenvalue weighted by Crippen LogP contribution is -2.15. The molecule has 0 bridgehead atoms. The number of nitrogens with zero attached hydrogens (tertiary/aromatic N) is 3. The molecule has 0 aliphatic heterocycles. The van der Waals surface area contributed by atoms with Crippen molar-refractivity contribution in [1.82, 2.24) is 9.47 Å². The first-order valence-electron chi connectivity index (χ1n) is 6.02. The van der Waals surface area contributed by atoms with Crippen molar-refractivity contribution in [3.63, 3.8) is 0 Å². The van der Waals surface area contributed by atoms with Crippen LogP contribution in [0.4, 0.5) is 0 Å². The summed E-state index contributed by atoms with van der Waals surface area (Å²) in [5, 5.41) is 11.1. The van der Waals surface area contributed by atoms with Gasteiger partial charge in [0, 0.05) is 25.2 Å². The molecule has 0 unspecified atom stereocenters. The number of fused-ring (bicyclic) bond motifs is 1. The van der Waals surface area contributed by atoms with Crippen molar-refractivity contribution < 1.29 is 5.11 Å². The molecule has 2 aromatic rings. The van der Waals surface area contributed by atoms with E-state index < -0.39 is 0 Å². The lowest BCUT2D eigenvalue weighted by Gasteiger charge is -2.05. The van der Waals surface area contributed by atoms with Crippen LogP contribution in [0.25, 0.3) is 10.9 Å². The van der Waals surface area contributed by atoms with Gasteiger partial charge >= 0.3 is 0 Å². The molecule has 18 heavy (non-hydrogen) atoms. The second-order valence-electron chi connectivity index (χ2n) is 4.65. The number of aliphatic imine (C=N–C) groups is 1. The monoisotopic (exact) mass is 245 g/mol. The number of aryl methyl sites for hydroxylation is 1.